The number of halogens is 1. The van der Waals surface area contributed by atoms with Crippen molar-refractivity contribution in [2.45, 2.75) is 44.3 Å². The normalized spacial score (nSPS) is 21.1. The van der Waals surface area contributed by atoms with Gasteiger partial charge in [0.05, 0.1) is 22.9 Å². The lowest BCUT2D eigenvalue weighted by Crippen LogP contribution is -2.55. The predicted octanol–water partition coefficient (Wildman–Crippen LogP) is 5.10. The van der Waals surface area contributed by atoms with Gasteiger partial charge in [0.25, 0.3) is 0 Å². The molecule has 2 fully saturated rings. The van der Waals surface area contributed by atoms with Crippen molar-refractivity contribution in [3.63, 3.8) is 0 Å². The minimum absolute atomic E-state index is 0.129. The van der Waals surface area contributed by atoms with Crippen LogP contribution in [0.4, 0.5) is 11.5 Å². The molecule has 3 aromatic rings. The van der Waals surface area contributed by atoms with E-state index in [4.69, 9.17) is 21.3 Å². The Morgan fingerprint density at radius 1 is 1.24 bits per heavy atom. The first kappa shape index (κ1) is 27.8. The molecule has 8 nitrogen and oxygen atoms in total. The van der Waals surface area contributed by atoms with Crippen molar-refractivity contribution in [2.75, 3.05) is 56.2 Å². The SMILES string of the molecule is C=CC(=O)N1CCN(c2nc(OC[C@@H]3CCCN3C)cc3c2CCN(c2cccc4sc(Cl)cc24)C3)C[C@@H]1CC#N. The molecule has 6 rings (SSSR count). The predicted molar refractivity (Wildman–Crippen MR) is 165 cm³/mol. The van der Waals surface area contributed by atoms with Crippen molar-refractivity contribution in [1.29, 1.82) is 5.26 Å². The van der Waals surface area contributed by atoms with Gasteiger partial charge in [0.15, 0.2) is 0 Å². The van der Waals surface area contributed by atoms with E-state index in [9.17, 15) is 10.1 Å². The number of anilines is 2. The van der Waals surface area contributed by atoms with Gasteiger partial charge in [-0.05, 0) is 62.7 Å². The number of benzene rings is 1. The fourth-order valence-electron chi connectivity index (χ4n) is 6.47. The highest BCUT2D eigenvalue weighted by Crippen LogP contribution is 2.39. The highest BCUT2D eigenvalue weighted by Gasteiger charge is 2.33. The number of carbonyl (C=O) groups excluding carboxylic acids is 1. The van der Waals surface area contributed by atoms with Crippen molar-refractivity contribution >= 4 is 50.4 Å². The molecular formula is C31H35ClN6O2S. The second-order valence-electron chi connectivity index (χ2n) is 11.1. The number of aromatic nitrogens is 1. The maximum absolute atomic E-state index is 12.5. The van der Waals surface area contributed by atoms with Gasteiger partial charge >= 0.3 is 0 Å². The van der Waals surface area contributed by atoms with Crippen molar-refractivity contribution in [3.8, 4) is 11.9 Å². The number of likely N-dealkylation sites (N-methyl/N-ethyl adjacent to an activating group) is 1. The zero-order valence-electron chi connectivity index (χ0n) is 23.4. The van der Waals surface area contributed by atoms with Crippen molar-refractivity contribution in [1.82, 2.24) is 14.8 Å². The minimum Gasteiger partial charge on any atom is -0.476 e. The van der Waals surface area contributed by atoms with Gasteiger partial charge in [-0.15, -0.1) is 11.3 Å². The first-order valence-corrected chi connectivity index (χ1v) is 15.5. The van der Waals surface area contributed by atoms with E-state index < -0.39 is 0 Å². The van der Waals surface area contributed by atoms with Gasteiger partial charge in [-0.25, -0.2) is 0 Å². The number of pyridine rings is 1. The fraction of sp³-hybridized carbons (Fsp3) is 0.452. The number of hydrogen-bond donors (Lipinski definition) is 0. The summed E-state index contributed by atoms with van der Waals surface area (Å²) < 4.78 is 8.36. The summed E-state index contributed by atoms with van der Waals surface area (Å²) in [5.41, 5.74) is 3.62. The quantitative estimate of drug-likeness (QED) is 0.354. The molecule has 0 bridgehead atoms. The summed E-state index contributed by atoms with van der Waals surface area (Å²) in [6.07, 6.45) is 4.76. The molecule has 5 heterocycles. The van der Waals surface area contributed by atoms with Gasteiger partial charge < -0.3 is 24.3 Å². The van der Waals surface area contributed by atoms with Crippen LogP contribution in [0.15, 0.2) is 43.0 Å². The van der Waals surface area contributed by atoms with Crippen LogP contribution in [0.25, 0.3) is 10.1 Å². The van der Waals surface area contributed by atoms with Crippen LogP contribution in [-0.2, 0) is 17.8 Å². The first-order valence-electron chi connectivity index (χ1n) is 14.3. The van der Waals surface area contributed by atoms with Gasteiger partial charge in [-0.1, -0.05) is 24.2 Å². The molecule has 1 aromatic carbocycles. The van der Waals surface area contributed by atoms with Crippen LogP contribution in [-0.4, -0.2) is 79.2 Å². The second-order valence-corrected chi connectivity index (χ2v) is 12.8. The lowest BCUT2D eigenvalue weighted by molar-refractivity contribution is -0.128. The molecule has 2 aromatic heterocycles. The lowest BCUT2D eigenvalue weighted by Gasteiger charge is -2.42. The van der Waals surface area contributed by atoms with Crippen LogP contribution in [0, 0.1) is 11.3 Å². The number of nitriles is 1. The summed E-state index contributed by atoms with van der Waals surface area (Å²) in [5, 5.41) is 10.7. The van der Waals surface area contributed by atoms with Crippen LogP contribution in [0.3, 0.4) is 0 Å². The molecule has 41 heavy (non-hydrogen) atoms. The topological polar surface area (TPSA) is 75.9 Å². The zero-order valence-corrected chi connectivity index (χ0v) is 25.0. The molecule has 0 aliphatic carbocycles. The summed E-state index contributed by atoms with van der Waals surface area (Å²) in [6.45, 7) is 8.69. The number of rotatable bonds is 7. The second kappa shape index (κ2) is 11.9. The van der Waals surface area contributed by atoms with Crippen LogP contribution in [0.1, 0.15) is 30.4 Å². The number of amides is 1. The number of fused-ring (bicyclic) bond motifs is 2. The van der Waals surface area contributed by atoms with Gasteiger partial charge in [-0.2, -0.15) is 10.2 Å². The number of nitrogens with zero attached hydrogens (tertiary/aromatic N) is 6. The van der Waals surface area contributed by atoms with Gasteiger partial charge in [-0.3, -0.25) is 4.79 Å². The number of hydrogen-bond acceptors (Lipinski definition) is 8. The van der Waals surface area contributed by atoms with E-state index in [-0.39, 0.29) is 18.4 Å². The number of thiophene rings is 1. The summed E-state index contributed by atoms with van der Waals surface area (Å²) >= 11 is 8.00. The van der Waals surface area contributed by atoms with Crippen LogP contribution in [0.5, 0.6) is 5.88 Å². The third kappa shape index (κ3) is 5.61. The third-order valence-electron chi connectivity index (χ3n) is 8.68. The summed E-state index contributed by atoms with van der Waals surface area (Å²) in [6, 6.07) is 13.0. The van der Waals surface area contributed by atoms with Gasteiger partial charge in [0.2, 0.25) is 11.8 Å². The molecule has 214 valence electrons. The maximum Gasteiger partial charge on any atom is 0.246 e. The van der Waals surface area contributed by atoms with E-state index in [0.717, 1.165) is 42.6 Å². The average molecular weight is 591 g/mol. The van der Waals surface area contributed by atoms with E-state index in [2.05, 4.69) is 64.7 Å². The summed E-state index contributed by atoms with van der Waals surface area (Å²) in [5.74, 6) is 1.43. The van der Waals surface area contributed by atoms with E-state index in [1.165, 1.54) is 39.4 Å². The molecule has 0 spiro atoms. The van der Waals surface area contributed by atoms with Crippen LogP contribution < -0.4 is 14.5 Å². The van der Waals surface area contributed by atoms with Crippen molar-refractivity contribution < 1.29 is 9.53 Å². The minimum atomic E-state index is -0.213. The molecule has 0 N–H and O–H groups in total. The molecule has 2 atom stereocenters. The van der Waals surface area contributed by atoms with Crippen LogP contribution >= 0.6 is 22.9 Å². The number of carbonyl (C=O) groups is 1. The van der Waals surface area contributed by atoms with Gasteiger partial charge in [0.1, 0.15) is 12.4 Å². The van der Waals surface area contributed by atoms with Gasteiger partial charge in [0, 0.05) is 66.2 Å². The Morgan fingerprint density at radius 3 is 2.90 bits per heavy atom. The molecular weight excluding hydrogens is 556 g/mol. The maximum atomic E-state index is 12.5. The number of likely N-dealkylation sites (tertiary alicyclic amines) is 1. The smallest absolute Gasteiger partial charge is 0.246 e. The Kier molecular flexibility index (Phi) is 8.07. The molecule has 1 amide bonds. The molecule has 0 saturated carbocycles. The number of ether oxygens (including phenoxy) is 1. The fourth-order valence-corrected chi connectivity index (χ4v) is 7.63. The molecule has 3 aliphatic heterocycles. The van der Waals surface area contributed by atoms with E-state index in [1.54, 1.807) is 16.2 Å². The van der Waals surface area contributed by atoms with E-state index in [0.29, 0.717) is 38.2 Å². The largest absolute Gasteiger partial charge is 0.476 e. The van der Waals surface area contributed by atoms with Crippen molar-refractivity contribution in [2.24, 2.45) is 0 Å². The molecule has 3 aliphatic rings. The highest BCUT2D eigenvalue weighted by atomic mass is 35.5. The lowest BCUT2D eigenvalue weighted by atomic mass is 9.98. The molecule has 2 saturated heterocycles. The van der Waals surface area contributed by atoms with Crippen LogP contribution in [0.2, 0.25) is 4.34 Å². The molecule has 0 radical (unpaired) electrons. The Hall–Kier alpha value is -3.32. The first-order chi connectivity index (χ1) is 19.9. The molecule has 0 unspecified atom stereocenters. The Morgan fingerprint density at radius 2 is 2.12 bits per heavy atom. The highest BCUT2D eigenvalue weighted by molar-refractivity contribution is 7.22. The Balaban J connectivity index is 1.33. The standard InChI is InChI=1S/C31H35ClN6O2S/c1-3-30(39)38-15-14-37(19-22(38)9-11-33)31-24-10-13-36(26-7-4-8-27-25(26)17-28(32)41-27)18-21(24)16-29(34-31)40-20-23-6-5-12-35(23)2/h3-4,7-8,16-17,22-23H,1,5-6,9-10,12-15,18-20H2,2H3/t22-,23-/m0/s1. The summed E-state index contributed by atoms with van der Waals surface area (Å²) in [7, 11) is 2.15. The summed E-state index contributed by atoms with van der Waals surface area (Å²) in [4.78, 5) is 26.4. The number of piperazine rings is 1. The van der Waals surface area contributed by atoms with Crippen molar-refractivity contribution in [3.05, 3.63) is 58.5 Å². The Labute approximate surface area is 250 Å². The van der Waals surface area contributed by atoms with E-state index in [1.807, 2.05) is 0 Å². The third-order valence-corrected chi connectivity index (χ3v) is 9.90. The monoisotopic (exact) mass is 590 g/mol. The molecule has 10 heteroatoms. The van der Waals surface area contributed by atoms with E-state index >= 15 is 0 Å². The Bertz CT molecular complexity index is 1500. The average Bonchev–Trinajstić information content (AvgIpc) is 3.58. The zero-order chi connectivity index (χ0) is 28.5.